The molecule has 0 spiro atoms. The molecule has 0 aromatic rings. The average molecular weight is 214 g/mol. The SMILES string of the molecule is CCC(=O)OCC(=O)OC1(C)CCCC1. The Labute approximate surface area is 89.9 Å². The first-order valence-electron chi connectivity index (χ1n) is 5.43. The van der Waals surface area contributed by atoms with Crippen molar-refractivity contribution >= 4 is 11.9 Å². The molecule has 0 saturated heterocycles. The fourth-order valence-electron chi connectivity index (χ4n) is 1.77. The lowest BCUT2D eigenvalue weighted by atomic mass is 10.1. The molecular weight excluding hydrogens is 196 g/mol. The van der Waals surface area contributed by atoms with Gasteiger partial charge in [-0.3, -0.25) is 4.79 Å². The molecular formula is C11H18O4. The van der Waals surface area contributed by atoms with Crippen molar-refractivity contribution < 1.29 is 19.1 Å². The third kappa shape index (κ3) is 3.90. The number of carbonyl (C=O) groups is 2. The van der Waals surface area contributed by atoms with Gasteiger partial charge >= 0.3 is 11.9 Å². The van der Waals surface area contributed by atoms with Gasteiger partial charge in [-0.1, -0.05) is 6.92 Å². The molecule has 0 aliphatic heterocycles. The molecule has 1 aliphatic carbocycles. The highest BCUT2D eigenvalue weighted by molar-refractivity contribution is 5.76. The van der Waals surface area contributed by atoms with Crippen LogP contribution in [0.4, 0.5) is 0 Å². The molecule has 1 aliphatic rings. The van der Waals surface area contributed by atoms with Gasteiger partial charge < -0.3 is 9.47 Å². The number of hydrogen-bond donors (Lipinski definition) is 0. The first kappa shape index (κ1) is 12.0. The molecule has 0 radical (unpaired) electrons. The predicted octanol–water partition coefficient (Wildman–Crippen LogP) is 1.82. The first-order chi connectivity index (χ1) is 7.06. The van der Waals surface area contributed by atoms with Gasteiger partial charge in [0.15, 0.2) is 6.61 Å². The highest BCUT2D eigenvalue weighted by Crippen LogP contribution is 2.32. The fourth-order valence-corrected chi connectivity index (χ4v) is 1.77. The van der Waals surface area contributed by atoms with E-state index in [1.807, 2.05) is 6.92 Å². The summed E-state index contributed by atoms with van der Waals surface area (Å²) >= 11 is 0. The van der Waals surface area contributed by atoms with Crippen LogP contribution in [0.25, 0.3) is 0 Å². The smallest absolute Gasteiger partial charge is 0.344 e. The van der Waals surface area contributed by atoms with E-state index in [1.165, 1.54) is 0 Å². The summed E-state index contributed by atoms with van der Waals surface area (Å²) in [6.07, 6.45) is 4.28. The molecule has 0 amide bonds. The molecule has 0 unspecified atom stereocenters. The van der Waals surface area contributed by atoms with Gasteiger partial charge in [-0.05, 0) is 32.6 Å². The largest absolute Gasteiger partial charge is 0.457 e. The minimum absolute atomic E-state index is 0.262. The average Bonchev–Trinajstić information content (AvgIpc) is 2.61. The first-order valence-corrected chi connectivity index (χ1v) is 5.43. The van der Waals surface area contributed by atoms with Crippen LogP contribution in [0.1, 0.15) is 46.0 Å². The highest BCUT2D eigenvalue weighted by atomic mass is 16.6. The van der Waals surface area contributed by atoms with E-state index in [0.717, 1.165) is 25.7 Å². The van der Waals surface area contributed by atoms with Crippen LogP contribution in [-0.4, -0.2) is 24.1 Å². The zero-order valence-corrected chi connectivity index (χ0v) is 9.38. The molecule has 15 heavy (non-hydrogen) atoms. The summed E-state index contributed by atoms with van der Waals surface area (Å²) in [5.74, 6) is -0.815. The van der Waals surface area contributed by atoms with Gasteiger partial charge in [-0.25, -0.2) is 4.79 Å². The number of hydrogen-bond acceptors (Lipinski definition) is 4. The Morgan fingerprint density at radius 3 is 2.33 bits per heavy atom. The molecule has 0 N–H and O–H groups in total. The van der Waals surface area contributed by atoms with Crippen molar-refractivity contribution in [3.63, 3.8) is 0 Å². The van der Waals surface area contributed by atoms with E-state index in [-0.39, 0.29) is 24.6 Å². The second-order valence-corrected chi connectivity index (χ2v) is 4.15. The Hall–Kier alpha value is -1.06. The van der Waals surface area contributed by atoms with E-state index in [4.69, 9.17) is 9.47 Å². The summed E-state index contributed by atoms with van der Waals surface area (Å²) in [5, 5.41) is 0. The van der Waals surface area contributed by atoms with Gasteiger partial charge in [-0.15, -0.1) is 0 Å². The molecule has 1 rings (SSSR count). The topological polar surface area (TPSA) is 52.6 Å². The van der Waals surface area contributed by atoms with Gasteiger partial charge in [-0.2, -0.15) is 0 Å². The molecule has 0 heterocycles. The monoisotopic (exact) mass is 214 g/mol. The van der Waals surface area contributed by atoms with E-state index >= 15 is 0 Å². The third-order valence-corrected chi connectivity index (χ3v) is 2.66. The number of carbonyl (C=O) groups excluding carboxylic acids is 2. The van der Waals surface area contributed by atoms with E-state index in [2.05, 4.69) is 0 Å². The Morgan fingerprint density at radius 1 is 1.20 bits per heavy atom. The van der Waals surface area contributed by atoms with Crippen LogP contribution in [-0.2, 0) is 19.1 Å². The van der Waals surface area contributed by atoms with Gasteiger partial charge in [0.1, 0.15) is 5.60 Å². The standard InChI is InChI=1S/C11H18O4/c1-3-9(12)14-8-10(13)15-11(2)6-4-5-7-11/h3-8H2,1-2H3. The lowest BCUT2D eigenvalue weighted by Crippen LogP contribution is -2.30. The minimum atomic E-state index is -0.443. The van der Waals surface area contributed by atoms with E-state index in [0.29, 0.717) is 0 Å². The molecule has 0 aromatic carbocycles. The van der Waals surface area contributed by atoms with Crippen LogP contribution < -0.4 is 0 Å². The van der Waals surface area contributed by atoms with E-state index in [1.54, 1.807) is 6.92 Å². The maximum atomic E-state index is 11.3. The summed E-state index contributed by atoms with van der Waals surface area (Å²) in [5.41, 5.74) is -0.338. The maximum Gasteiger partial charge on any atom is 0.344 e. The van der Waals surface area contributed by atoms with Crippen LogP contribution in [0.2, 0.25) is 0 Å². The lowest BCUT2D eigenvalue weighted by Gasteiger charge is -2.23. The van der Waals surface area contributed by atoms with E-state index < -0.39 is 5.97 Å². The van der Waals surface area contributed by atoms with Crippen molar-refractivity contribution in [2.24, 2.45) is 0 Å². The second kappa shape index (κ2) is 5.14. The summed E-state index contributed by atoms with van der Waals surface area (Å²) < 4.78 is 9.97. The van der Waals surface area contributed by atoms with Crippen molar-refractivity contribution in [1.29, 1.82) is 0 Å². The molecule has 4 nitrogen and oxygen atoms in total. The zero-order valence-electron chi connectivity index (χ0n) is 9.38. The summed E-state index contributed by atoms with van der Waals surface area (Å²) in [6.45, 7) is 3.35. The fraction of sp³-hybridized carbons (Fsp3) is 0.818. The van der Waals surface area contributed by atoms with Gasteiger partial charge in [0.25, 0.3) is 0 Å². The Morgan fingerprint density at radius 2 is 1.80 bits per heavy atom. The summed E-state index contributed by atoms with van der Waals surface area (Å²) in [4.78, 5) is 22.1. The Kier molecular flexibility index (Phi) is 4.12. The number of esters is 2. The predicted molar refractivity (Wildman–Crippen MR) is 54.2 cm³/mol. The van der Waals surface area contributed by atoms with Crippen LogP contribution in [0.3, 0.4) is 0 Å². The van der Waals surface area contributed by atoms with Crippen molar-refractivity contribution in [1.82, 2.24) is 0 Å². The number of ether oxygens (including phenoxy) is 2. The molecule has 0 aromatic heterocycles. The van der Waals surface area contributed by atoms with Crippen LogP contribution in [0.15, 0.2) is 0 Å². The van der Waals surface area contributed by atoms with Crippen LogP contribution in [0.5, 0.6) is 0 Å². The van der Waals surface area contributed by atoms with Gasteiger partial charge in [0, 0.05) is 6.42 Å². The van der Waals surface area contributed by atoms with Crippen molar-refractivity contribution in [2.75, 3.05) is 6.61 Å². The Bertz CT molecular complexity index is 241. The third-order valence-electron chi connectivity index (χ3n) is 2.66. The highest BCUT2D eigenvalue weighted by Gasteiger charge is 2.32. The molecule has 4 heteroatoms. The van der Waals surface area contributed by atoms with Gasteiger partial charge in [0.2, 0.25) is 0 Å². The number of rotatable bonds is 4. The summed E-state index contributed by atoms with van der Waals surface area (Å²) in [7, 11) is 0. The van der Waals surface area contributed by atoms with Crippen molar-refractivity contribution in [2.45, 2.75) is 51.6 Å². The van der Waals surface area contributed by atoms with Crippen molar-refractivity contribution in [3.8, 4) is 0 Å². The van der Waals surface area contributed by atoms with Crippen LogP contribution in [0, 0.1) is 0 Å². The molecule has 1 saturated carbocycles. The maximum absolute atomic E-state index is 11.3. The minimum Gasteiger partial charge on any atom is -0.457 e. The lowest BCUT2D eigenvalue weighted by molar-refractivity contribution is -0.168. The Balaban J connectivity index is 2.26. The zero-order chi connectivity index (χ0) is 11.3. The second-order valence-electron chi connectivity index (χ2n) is 4.15. The van der Waals surface area contributed by atoms with Crippen molar-refractivity contribution in [3.05, 3.63) is 0 Å². The normalized spacial score (nSPS) is 18.5. The quantitative estimate of drug-likeness (QED) is 0.670. The molecule has 1 fully saturated rings. The summed E-state index contributed by atoms with van der Waals surface area (Å²) in [6, 6.07) is 0. The molecule has 0 atom stereocenters. The molecule has 0 bridgehead atoms. The van der Waals surface area contributed by atoms with Gasteiger partial charge in [0.05, 0.1) is 0 Å². The van der Waals surface area contributed by atoms with Crippen LogP contribution >= 0.6 is 0 Å². The molecule has 86 valence electrons. The van der Waals surface area contributed by atoms with E-state index in [9.17, 15) is 9.59 Å².